The molecule has 160 valence electrons. The third kappa shape index (κ3) is 3.63. The molecule has 5 nitrogen and oxygen atoms in total. The van der Waals surface area contributed by atoms with Crippen LogP contribution in [0.1, 0.15) is 31.9 Å². The molecule has 31 heavy (non-hydrogen) atoms. The Morgan fingerprint density at radius 2 is 1.48 bits per heavy atom. The summed E-state index contributed by atoms with van der Waals surface area (Å²) in [4.78, 5) is 25.6. The zero-order chi connectivity index (χ0) is 22.5. The van der Waals surface area contributed by atoms with Crippen LogP contribution in [0, 0.1) is 5.82 Å². The fourth-order valence-corrected chi connectivity index (χ4v) is 3.94. The summed E-state index contributed by atoms with van der Waals surface area (Å²) in [5, 5.41) is 0.496. The van der Waals surface area contributed by atoms with Gasteiger partial charge >= 0.3 is 5.69 Å². The highest BCUT2D eigenvalue weighted by atomic mass is 19.1. The van der Waals surface area contributed by atoms with Crippen LogP contribution in [-0.2, 0) is 26.1 Å². The lowest BCUT2D eigenvalue weighted by Gasteiger charge is -2.19. The minimum atomic E-state index is -0.369. The van der Waals surface area contributed by atoms with Crippen LogP contribution in [0.4, 0.5) is 4.39 Å². The zero-order valence-corrected chi connectivity index (χ0v) is 18.4. The van der Waals surface area contributed by atoms with Gasteiger partial charge in [-0.1, -0.05) is 57.2 Å². The first-order chi connectivity index (χ1) is 14.6. The Balaban J connectivity index is 1.99. The van der Waals surface area contributed by atoms with E-state index < -0.39 is 0 Å². The van der Waals surface area contributed by atoms with Gasteiger partial charge in [0.05, 0.1) is 16.6 Å². The Morgan fingerprint density at radius 1 is 0.871 bits per heavy atom. The molecule has 0 aliphatic rings. The van der Waals surface area contributed by atoms with Crippen LogP contribution in [0.25, 0.3) is 22.2 Å². The van der Waals surface area contributed by atoms with Gasteiger partial charge in [0.1, 0.15) is 5.82 Å². The van der Waals surface area contributed by atoms with Crippen LogP contribution in [0.5, 0.6) is 0 Å². The van der Waals surface area contributed by atoms with Crippen LogP contribution in [-0.4, -0.2) is 13.7 Å². The van der Waals surface area contributed by atoms with Gasteiger partial charge in [-0.15, -0.1) is 0 Å². The highest BCUT2D eigenvalue weighted by molar-refractivity contribution is 5.93. The number of aryl methyl sites for hydroxylation is 1. The van der Waals surface area contributed by atoms with Gasteiger partial charge < -0.3 is 4.57 Å². The Morgan fingerprint density at radius 3 is 2.06 bits per heavy atom. The number of aromatic nitrogens is 3. The summed E-state index contributed by atoms with van der Waals surface area (Å²) in [5.41, 5.74) is 3.61. The van der Waals surface area contributed by atoms with Gasteiger partial charge in [0.25, 0.3) is 5.56 Å². The minimum Gasteiger partial charge on any atom is -0.340 e. The van der Waals surface area contributed by atoms with E-state index >= 15 is 0 Å². The molecule has 0 N–H and O–H groups in total. The quantitative estimate of drug-likeness (QED) is 0.500. The van der Waals surface area contributed by atoms with Gasteiger partial charge in [0, 0.05) is 26.8 Å². The van der Waals surface area contributed by atoms with Crippen molar-refractivity contribution in [1.29, 1.82) is 0 Å². The molecular formula is C25H26FN3O2. The van der Waals surface area contributed by atoms with Crippen LogP contribution in [0.15, 0.2) is 64.3 Å². The number of benzene rings is 2. The molecule has 2 aromatic carbocycles. The lowest BCUT2D eigenvalue weighted by atomic mass is 9.86. The Labute approximate surface area is 180 Å². The van der Waals surface area contributed by atoms with Gasteiger partial charge in [-0.05, 0) is 34.2 Å². The van der Waals surface area contributed by atoms with E-state index in [0.717, 1.165) is 21.4 Å². The van der Waals surface area contributed by atoms with Gasteiger partial charge in [0.2, 0.25) is 0 Å². The molecule has 6 heteroatoms. The second-order valence-electron chi connectivity index (χ2n) is 9.03. The average Bonchev–Trinajstić information content (AvgIpc) is 3.11. The maximum absolute atomic E-state index is 13.4. The monoisotopic (exact) mass is 419 g/mol. The molecule has 0 fully saturated rings. The number of nitrogens with zero attached hydrogens (tertiary/aromatic N) is 3. The number of hydrogen-bond donors (Lipinski definition) is 0. The maximum Gasteiger partial charge on any atom is 0.330 e. The Kier molecular flexibility index (Phi) is 4.96. The molecule has 2 heterocycles. The van der Waals surface area contributed by atoms with Crippen molar-refractivity contribution in [3.8, 4) is 11.3 Å². The fraction of sp³-hybridized carbons (Fsp3) is 0.280. The molecule has 4 aromatic rings. The average molecular weight is 420 g/mol. The van der Waals surface area contributed by atoms with E-state index in [4.69, 9.17) is 0 Å². The minimum absolute atomic E-state index is 0.0107. The molecule has 0 atom stereocenters. The first-order valence-electron chi connectivity index (χ1n) is 10.2. The summed E-state index contributed by atoms with van der Waals surface area (Å²) in [6.07, 6.45) is 1.83. The van der Waals surface area contributed by atoms with E-state index in [1.54, 1.807) is 19.2 Å². The van der Waals surface area contributed by atoms with E-state index in [1.165, 1.54) is 29.3 Å². The topological polar surface area (TPSA) is 48.9 Å². The Hall–Kier alpha value is -3.41. The van der Waals surface area contributed by atoms with Crippen molar-refractivity contribution >= 4 is 10.9 Å². The molecule has 0 bridgehead atoms. The van der Waals surface area contributed by atoms with Gasteiger partial charge in [-0.3, -0.25) is 13.9 Å². The van der Waals surface area contributed by atoms with Gasteiger partial charge in [0.15, 0.2) is 0 Å². The normalized spacial score (nSPS) is 11.9. The smallest absolute Gasteiger partial charge is 0.330 e. The van der Waals surface area contributed by atoms with Gasteiger partial charge in [-0.25, -0.2) is 9.18 Å². The standard InChI is InChI=1S/C25H26FN3O2/c1-25(2,3)18-10-8-17(9-11-18)22-21-20(27(4)24(31)28(5)23(21)30)15-29(22)14-16-6-12-19(26)13-7-16/h6-13,15H,14H2,1-5H3. The number of rotatable bonds is 3. The molecule has 0 saturated heterocycles. The first kappa shape index (κ1) is 20.8. The number of fused-ring (bicyclic) bond motifs is 1. The third-order valence-electron chi connectivity index (χ3n) is 5.80. The lowest BCUT2D eigenvalue weighted by Crippen LogP contribution is -2.36. The van der Waals surface area contributed by atoms with Crippen molar-refractivity contribution in [1.82, 2.24) is 13.7 Å². The molecule has 0 unspecified atom stereocenters. The molecule has 0 aliphatic carbocycles. The van der Waals surface area contributed by atoms with Crippen LogP contribution >= 0.6 is 0 Å². The van der Waals surface area contributed by atoms with E-state index in [-0.39, 0.29) is 22.5 Å². The van der Waals surface area contributed by atoms with Crippen molar-refractivity contribution in [2.45, 2.75) is 32.7 Å². The maximum atomic E-state index is 13.4. The summed E-state index contributed by atoms with van der Waals surface area (Å²) in [6.45, 7) is 6.91. The van der Waals surface area contributed by atoms with Crippen molar-refractivity contribution in [2.75, 3.05) is 0 Å². The van der Waals surface area contributed by atoms with Gasteiger partial charge in [-0.2, -0.15) is 0 Å². The largest absolute Gasteiger partial charge is 0.340 e. The predicted octanol–water partition coefficient (Wildman–Crippen LogP) is 4.19. The third-order valence-corrected chi connectivity index (χ3v) is 5.80. The summed E-state index contributed by atoms with van der Waals surface area (Å²) < 4.78 is 18.0. The zero-order valence-electron chi connectivity index (χ0n) is 18.4. The second-order valence-corrected chi connectivity index (χ2v) is 9.03. The highest BCUT2D eigenvalue weighted by Gasteiger charge is 2.20. The molecule has 0 aliphatic heterocycles. The Bertz CT molecular complexity index is 1380. The fourth-order valence-electron chi connectivity index (χ4n) is 3.94. The summed E-state index contributed by atoms with van der Waals surface area (Å²) >= 11 is 0. The molecular weight excluding hydrogens is 393 g/mol. The molecule has 0 spiro atoms. The summed E-state index contributed by atoms with van der Waals surface area (Å²) in [6, 6.07) is 14.5. The summed E-state index contributed by atoms with van der Waals surface area (Å²) in [7, 11) is 3.16. The molecule has 0 amide bonds. The van der Waals surface area contributed by atoms with Crippen LogP contribution in [0.2, 0.25) is 0 Å². The van der Waals surface area contributed by atoms with Crippen molar-refractivity contribution in [3.63, 3.8) is 0 Å². The first-order valence-corrected chi connectivity index (χ1v) is 10.2. The molecule has 4 rings (SSSR count). The number of hydrogen-bond acceptors (Lipinski definition) is 2. The lowest BCUT2D eigenvalue weighted by molar-refractivity contribution is 0.590. The van der Waals surface area contributed by atoms with Crippen LogP contribution in [0.3, 0.4) is 0 Å². The molecule has 0 saturated carbocycles. The van der Waals surface area contributed by atoms with Crippen molar-refractivity contribution in [3.05, 3.63) is 92.5 Å². The van der Waals surface area contributed by atoms with E-state index in [0.29, 0.717) is 17.4 Å². The van der Waals surface area contributed by atoms with Crippen LogP contribution < -0.4 is 11.2 Å². The molecule has 0 radical (unpaired) electrons. The van der Waals surface area contributed by atoms with Crippen molar-refractivity contribution in [2.24, 2.45) is 14.1 Å². The van der Waals surface area contributed by atoms with Crippen molar-refractivity contribution < 1.29 is 4.39 Å². The van der Waals surface area contributed by atoms with E-state index in [1.807, 2.05) is 22.9 Å². The summed E-state index contributed by atoms with van der Waals surface area (Å²) in [5.74, 6) is -0.296. The molecule has 2 aromatic heterocycles. The van der Waals surface area contributed by atoms with E-state index in [9.17, 15) is 14.0 Å². The second kappa shape index (κ2) is 7.38. The number of halogens is 1. The predicted molar refractivity (Wildman–Crippen MR) is 122 cm³/mol. The SMILES string of the molecule is Cn1c(=O)c2c(-c3ccc(C(C)(C)C)cc3)n(Cc3ccc(F)cc3)cc2n(C)c1=O. The highest BCUT2D eigenvalue weighted by Crippen LogP contribution is 2.31. The van der Waals surface area contributed by atoms with E-state index in [2.05, 4.69) is 32.9 Å².